The lowest BCUT2D eigenvalue weighted by Crippen LogP contribution is -2.25. The van der Waals surface area contributed by atoms with Crippen molar-refractivity contribution in [3.05, 3.63) is 29.8 Å². The van der Waals surface area contributed by atoms with Gasteiger partial charge in [0.2, 0.25) is 0 Å². The van der Waals surface area contributed by atoms with Crippen molar-refractivity contribution in [2.24, 2.45) is 5.73 Å². The predicted octanol–water partition coefficient (Wildman–Crippen LogP) is 3.85. The van der Waals surface area contributed by atoms with Gasteiger partial charge in [0.1, 0.15) is 5.75 Å². The Labute approximate surface area is 129 Å². The second-order valence-electron chi connectivity index (χ2n) is 5.74. The summed E-state index contributed by atoms with van der Waals surface area (Å²) < 4.78 is 5.16. The van der Waals surface area contributed by atoms with Gasteiger partial charge < -0.3 is 15.6 Å². The molecule has 1 aromatic carbocycles. The number of rotatable bonds is 11. The quantitative estimate of drug-likeness (QED) is 0.609. The summed E-state index contributed by atoms with van der Waals surface area (Å²) >= 11 is 0. The molecule has 3 nitrogen and oxygen atoms in total. The van der Waals surface area contributed by atoms with Crippen molar-refractivity contribution in [2.45, 2.75) is 63.9 Å². The lowest BCUT2D eigenvalue weighted by atomic mass is 9.90. The molecule has 2 unspecified atom stereocenters. The lowest BCUT2D eigenvalue weighted by molar-refractivity contribution is 0.132. The maximum absolute atomic E-state index is 10.4. The highest BCUT2D eigenvalue weighted by molar-refractivity contribution is 5.30. The number of nitrogens with two attached hydrogens (primary N) is 1. The van der Waals surface area contributed by atoms with Crippen LogP contribution in [0.4, 0.5) is 0 Å². The van der Waals surface area contributed by atoms with Crippen molar-refractivity contribution >= 4 is 0 Å². The maximum atomic E-state index is 10.4. The van der Waals surface area contributed by atoms with E-state index in [9.17, 15) is 5.11 Å². The largest absolute Gasteiger partial charge is 0.497 e. The number of hydrogen-bond donors (Lipinski definition) is 2. The van der Waals surface area contributed by atoms with Crippen molar-refractivity contribution in [2.75, 3.05) is 13.7 Å². The van der Waals surface area contributed by atoms with Gasteiger partial charge in [-0.1, -0.05) is 57.6 Å². The van der Waals surface area contributed by atoms with Crippen molar-refractivity contribution in [1.29, 1.82) is 0 Å². The van der Waals surface area contributed by atoms with E-state index < -0.39 is 0 Å². The molecule has 0 aliphatic heterocycles. The van der Waals surface area contributed by atoms with Crippen LogP contribution in [0.15, 0.2) is 24.3 Å². The molecule has 0 fully saturated rings. The molecule has 3 N–H and O–H groups in total. The molecule has 0 heterocycles. The lowest BCUT2D eigenvalue weighted by Gasteiger charge is -2.22. The molecule has 0 amide bonds. The summed E-state index contributed by atoms with van der Waals surface area (Å²) in [5, 5.41) is 10.4. The van der Waals surface area contributed by atoms with Crippen LogP contribution in [-0.2, 0) is 0 Å². The van der Waals surface area contributed by atoms with E-state index in [-0.39, 0.29) is 12.0 Å². The van der Waals surface area contributed by atoms with Gasteiger partial charge in [-0.05, 0) is 24.1 Å². The van der Waals surface area contributed by atoms with Gasteiger partial charge in [0, 0.05) is 12.5 Å². The van der Waals surface area contributed by atoms with E-state index in [2.05, 4.69) is 6.92 Å². The van der Waals surface area contributed by atoms with Gasteiger partial charge >= 0.3 is 0 Å². The van der Waals surface area contributed by atoms with Crippen molar-refractivity contribution in [1.82, 2.24) is 0 Å². The minimum absolute atomic E-state index is 0.0200. The zero-order chi connectivity index (χ0) is 15.5. The SMILES string of the molecule is CCCCCCCCC(O)C(CN)c1ccc(OC)cc1. The van der Waals surface area contributed by atoms with Gasteiger partial charge in [0.15, 0.2) is 0 Å². The topological polar surface area (TPSA) is 55.5 Å². The highest BCUT2D eigenvalue weighted by atomic mass is 16.5. The number of ether oxygens (including phenoxy) is 1. The average Bonchev–Trinajstić information content (AvgIpc) is 2.52. The van der Waals surface area contributed by atoms with Gasteiger partial charge in [-0.3, -0.25) is 0 Å². The molecule has 0 aromatic heterocycles. The smallest absolute Gasteiger partial charge is 0.118 e. The van der Waals surface area contributed by atoms with Crippen molar-refractivity contribution in [3.63, 3.8) is 0 Å². The molecule has 0 spiro atoms. The molecule has 2 atom stereocenters. The molecule has 120 valence electrons. The second kappa shape index (κ2) is 10.6. The fourth-order valence-electron chi connectivity index (χ4n) is 2.70. The van der Waals surface area contributed by atoms with Crippen LogP contribution in [0.3, 0.4) is 0 Å². The van der Waals surface area contributed by atoms with Crippen LogP contribution in [0.2, 0.25) is 0 Å². The van der Waals surface area contributed by atoms with E-state index in [4.69, 9.17) is 10.5 Å². The zero-order valence-electron chi connectivity index (χ0n) is 13.6. The molecular weight excluding hydrogens is 262 g/mol. The van der Waals surface area contributed by atoms with Crippen molar-refractivity contribution in [3.8, 4) is 5.75 Å². The number of aliphatic hydroxyl groups excluding tert-OH is 1. The molecule has 0 aliphatic rings. The number of hydrogen-bond acceptors (Lipinski definition) is 3. The first kappa shape index (κ1) is 18.0. The van der Waals surface area contributed by atoms with Crippen molar-refractivity contribution < 1.29 is 9.84 Å². The normalized spacial score (nSPS) is 13.9. The van der Waals surface area contributed by atoms with Crippen LogP contribution >= 0.6 is 0 Å². The van der Waals surface area contributed by atoms with Crippen LogP contribution < -0.4 is 10.5 Å². The molecule has 0 radical (unpaired) electrons. The molecule has 0 saturated heterocycles. The standard InChI is InChI=1S/C18H31NO2/c1-3-4-5-6-7-8-9-18(20)17(14-19)15-10-12-16(21-2)13-11-15/h10-13,17-18,20H,3-9,14,19H2,1-2H3. The van der Waals surface area contributed by atoms with Gasteiger partial charge in [-0.25, -0.2) is 0 Å². The van der Waals surface area contributed by atoms with Crippen LogP contribution in [0.1, 0.15) is 63.4 Å². The molecule has 0 bridgehead atoms. The highest BCUT2D eigenvalue weighted by Crippen LogP contribution is 2.24. The summed E-state index contributed by atoms with van der Waals surface area (Å²) in [4.78, 5) is 0. The van der Waals surface area contributed by atoms with Gasteiger partial charge in [0.25, 0.3) is 0 Å². The summed E-state index contributed by atoms with van der Waals surface area (Å²) in [6.07, 6.45) is 7.94. The molecule has 1 aromatic rings. The Morgan fingerprint density at radius 3 is 2.24 bits per heavy atom. The molecule has 0 aliphatic carbocycles. The van der Waals surface area contributed by atoms with Gasteiger partial charge in [0.05, 0.1) is 13.2 Å². The molecule has 3 heteroatoms. The fraction of sp³-hybridized carbons (Fsp3) is 0.667. The van der Waals surface area contributed by atoms with E-state index in [0.717, 1.165) is 24.2 Å². The van der Waals surface area contributed by atoms with E-state index in [1.54, 1.807) is 7.11 Å². The Morgan fingerprint density at radius 1 is 1.05 bits per heavy atom. The number of benzene rings is 1. The Bertz CT molecular complexity index is 364. The van der Waals surface area contributed by atoms with Crippen LogP contribution in [0, 0.1) is 0 Å². The predicted molar refractivity (Wildman–Crippen MR) is 88.8 cm³/mol. The van der Waals surface area contributed by atoms with Gasteiger partial charge in [-0.2, -0.15) is 0 Å². The third kappa shape index (κ3) is 6.49. The first-order valence-corrected chi connectivity index (χ1v) is 8.25. The summed E-state index contributed by atoms with van der Waals surface area (Å²) in [5.41, 5.74) is 6.95. The number of aliphatic hydroxyl groups is 1. The Balaban J connectivity index is 2.39. The molecule has 1 rings (SSSR count). The highest BCUT2D eigenvalue weighted by Gasteiger charge is 2.19. The molecule has 0 saturated carbocycles. The molecular formula is C18H31NO2. The zero-order valence-corrected chi connectivity index (χ0v) is 13.6. The first-order chi connectivity index (χ1) is 10.2. The summed E-state index contributed by atoms with van der Waals surface area (Å²) in [6.45, 7) is 2.70. The second-order valence-corrected chi connectivity index (χ2v) is 5.74. The Hall–Kier alpha value is -1.06. The summed E-state index contributed by atoms with van der Waals surface area (Å²) in [6, 6.07) is 7.85. The monoisotopic (exact) mass is 293 g/mol. The molecule has 21 heavy (non-hydrogen) atoms. The minimum Gasteiger partial charge on any atom is -0.497 e. The van der Waals surface area contributed by atoms with Crippen LogP contribution in [-0.4, -0.2) is 24.9 Å². The van der Waals surface area contributed by atoms with Crippen LogP contribution in [0.5, 0.6) is 5.75 Å². The van der Waals surface area contributed by atoms with E-state index in [1.165, 1.54) is 32.1 Å². The van der Waals surface area contributed by atoms with Gasteiger partial charge in [-0.15, -0.1) is 0 Å². The van der Waals surface area contributed by atoms with E-state index in [1.807, 2.05) is 24.3 Å². The third-order valence-electron chi connectivity index (χ3n) is 4.12. The average molecular weight is 293 g/mol. The van der Waals surface area contributed by atoms with E-state index >= 15 is 0 Å². The summed E-state index contributed by atoms with van der Waals surface area (Å²) in [7, 11) is 1.66. The number of methoxy groups -OCH3 is 1. The fourth-order valence-corrected chi connectivity index (χ4v) is 2.70. The number of unbranched alkanes of at least 4 members (excludes halogenated alkanes) is 5. The maximum Gasteiger partial charge on any atom is 0.118 e. The minimum atomic E-state index is -0.352. The summed E-state index contributed by atoms with van der Waals surface area (Å²) in [5.74, 6) is 0.853. The first-order valence-electron chi connectivity index (χ1n) is 8.25. The Morgan fingerprint density at radius 2 is 1.67 bits per heavy atom. The van der Waals surface area contributed by atoms with E-state index in [0.29, 0.717) is 6.54 Å². The Kier molecular flexibility index (Phi) is 9.11. The van der Waals surface area contributed by atoms with Crippen LogP contribution in [0.25, 0.3) is 0 Å². The third-order valence-corrected chi connectivity index (χ3v) is 4.12.